The molecule has 0 aliphatic heterocycles. The predicted octanol–water partition coefficient (Wildman–Crippen LogP) is 3.89. The van der Waals surface area contributed by atoms with Crippen LogP contribution >= 0.6 is 22.9 Å². The number of nitriles is 1. The van der Waals surface area contributed by atoms with Gasteiger partial charge in [-0.05, 0) is 35.2 Å². The summed E-state index contributed by atoms with van der Waals surface area (Å²) in [6.45, 7) is -0.498. The number of rotatable bonds is 8. The number of nitrogens with zero attached hydrogens (tertiary/aromatic N) is 2. The number of benzene rings is 2. The lowest BCUT2D eigenvalue weighted by Gasteiger charge is -2.18. The Hall–Kier alpha value is -3.23. The molecular formula is C22H18ClN3O5S2. The van der Waals surface area contributed by atoms with E-state index in [9.17, 15) is 18.0 Å². The highest BCUT2D eigenvalue weighted by Gasteiger charge is 2.24. The van der Waals surface area contributed by atoms with Crippen molar-refractivity contribution in [1.82, 2.24) is 4.31 Å². The lowest BCUT2D eigenvalue weighted by atomic mass is 10.2. The molecule has 1 heterocycles. The summed E-state index contributed by atoms with van der Waals surface area (Å²) in [6, 6.07) is 16.2. The first-order chi connectivity index (χ1) is 15.7. The molecule has 0 aliphatic rings. The molecule has 1 aromatic heterocycles. The first kappa shape index (κ1) is 24.4. The number of anilines is 1. The van der Waals surface area contributed by atoms with Gasteiger partial charge < -0.3 is 10.1 Å². The number of thiophene rings is 1. The van der Waals surface area contributed by atoms with E-state index >= 15 is 0 Å². The quantitative estimate of drug-likeness (QED) is 0.466. The van der Waals surface area contributed by atoms with Crippen LogP contribution in [0.25, 0.3) is 0 Å². The number of hydrogen-bond acceptors (Lipinski definition) is 7. The Bertz CT molecular complexity index is 1320. The summed E-state index contributed by atoms with van der Waals surface area (Å²) in [7, 11) is -2.49. The molecule has 33 heavy (non-hydrogen) atoms. The molecule has 0 spiro atoms. The molecule has 2 aromatic carbocycles. The number of hydrogen-bond donors (Lipinski definition) is 1. The van der Waals surface area contributed by atoms with Gasteiger partial charge in [-0.15, -0.1) is 11.3 Å². The standard InChI is InChI=1S/C22H18ClN3O5S2/c1-26(13-15-5-3-2-4-6-15)33(29,30)17-7-8-19(23)18(11-17)22(28)31-14-20(27)25-21-16(12-24)9-10-32-21/h2-11H,13-14H2,1H3,(H,25,27). The molecule has 8 nitrogen and oxygen atoms in total. The van der Waals surface area contributed by atoms with Crippen molar-refractivity contribution in [3.8, 4) is 6.07 Å². The minimum atomic E-state index is -3.92. The Morgan fingerprint density at radius 1 is 1.18 bits per heavy atom. The largest absolute Gasteiger partial charge is 0.452 e. The zero-order valence-corrected chi connectivity index (χ0v) is 19.7. The molecule has 0 atom stereocenters. The number of carbonyl (C=O) groups is 2. The van der Waals surface area contributed by atoms with E-state index in [0.717, 1.165) is 27.3 Å². The summed E-state index contributed by atoms with van der Waals surface area (Å²) >= 11 is 7.23. The van der Waals surface area contributed by atoms with Gasteiger partial charge in [-0.1, -0.05) is 41.9 Å². The number of esters is 1. The number of sulfonamides is 1. The molecule has 0 saturated heterocycles. The van der Waals surface area contributed by atoms with Gasteiger partial charge >= 0.3 is 5.97 Å². The summed E-state index contributed by atoms with van der Waals surface area (Å²) < 4.78 is 32.1. The monoisotopic (exact) mass is 503 g/mol. The third-order valence-electron chi connectivity index (χ3n) is 4.49. The zero-order valence-electron chi connectivity index (χ0n) is 17.3. The number of carbonyl (C=O) groups excluding carboxylic acids is 2. The maximum Gasteiger partial charge on any atom is 0.340 e. The van der Waals surface area contributed by atoms with E-state index in [1.54, 1.807) is 23.6 Å². The van der Waals surface area contributed by atoms with E-state index in [1.165, 1.54) is 19.2 Å². The lowest BCUT2D eigenvalue weighted by molar-refractivity contribution is -0.119. The van der Waals surface area contributed by atoms with E-state index in [2.05, 4.69) is 5.32 Å². The van der Waals surface area contributed by atoms with Crippen molar-refractivity contribution < 1.29 is 22.7 Å². The second-order valence-electron chi connectivity index (χ2n) is 6.79. The highest BCUT2D eigenvalue weighted by Crippen LogP contribution is 2.25. The van der Waals surface area contributed by atoms with Gasteiger partial charge in [0.2, 0.25) is 10.0 Å². The predicted molar refractivity (Wildman–Crippen MR) is 124 cm³/mol. The number of nitrogens with one attached hydrogen (secondary N) is 1. The van der Waals surface area contributed by atoms with Gasteiger partial charge in [-0.2, -0.15) is 9.57 Å². The van der Waals surface area contributed by atoms with E-state index < -0.39 is 28.5 Å². The average molecular weight is 504 g/mol. The fraction of sp³-hybridized carbons (Fsp3) is 0.136. The molecular weight excluding hydrogens is 486 g/mol. The first-order valence-electron chi connectivity index (χ1n) is 9.46. The first-order valence-corrected chi connectivity index (χ1v) is 12.2. The van der Waals surface area contributed by atoms with Gasteiger partial charge in [0.1, 0.15) is 11.1 Å². The molecule has 170 valence electrons. The second-order valence-corrected chi connectivity index (χ2v) is 10.2. The third kappa shape index (κ3) is 5.97. The minimum absolute atomic E-state index is 0.0184. The van der Waals surface area contributed by atoms with E-state index in [4.69, 9.17) is 21.6 Å². The lowest BCUT2D eigenvalue weighted by Crippen LogP contribution is -2.27. The minimum Gasteiger partial charge on any atom is -0.452 e. The van der Waals surface area contributed by atoms with Crippen LogP contribution in [0.15, 0.2) is 64.9 Å². The molecule has 0 radical (unpaired) electrons. The fourth-order valence-electron chi connectivity index (χ4n) is 2.79. The van der Waals surface area contributed by atoms with Crippen LogP contribution in [0.1, 0.15) is 21.5 Å². The maximum absolute atomic E-state index is 13.0. The van der Waals surface area contributed by atoms with Crippen molar-refractivity contribution in [2.75, 3.05) is 19.0 Å². The number of ether oxygens (including phenoxy) is 1. The number of amides is 1. The summed E-state index contributed by atoms with van der Waals surface area (Å²) in [4.78, 5) is 24.4. The molecule has 0 unspecified atom stereocenters. The highest BCUT2D eigenvalue weighted by molar-refractivity contribution is 7.89. The average Bonchev–Trinajstić information content (AvgIpc) is 3.25. The second kappa shape index (κ2) is 10.6. The van der Waals surface area contributed by atoms with Crippen LogP contribution in [0, 0.1) is 11.3 Å². The Balaban J connectivity index is 1.70. The molecule has 1 N–H and O–H groups in total. The smallest absolute Gasteiger partial charge is 0.340 e. The van der Waals surface area contributed by atoms with Crippen molar-refractivity contribution in [3.63, 3.8) is 0 Å². The zero-order chi connectivity index (χ0) is 24.0. The SMILES string of the molecule is CN(Cc1ccccc1)S(=O)(=O)c1ccc(Cl)c(C(=O)OCC(=O)Nc2sccc2C#N)c1. The number of halogens is 1. The van der Waals surface area contributed by atoms with Crippen LogP contribution in [0.4, 0.5) is 5.00 Å². The maximum atomic E-state index is 13.0. The summed E-state index contributed by atoms with van der Waals surface area (Å²) in [5.41, 5.74) is 0.904. The molecule has 0 aliphatic carbocycles. The summed E-state index contributed by atoms with van der Waals surface area (Å²) in [6.07, 6.45) is 0. The summed E-state index contributed by atoms with van der Waals surface area (Å²) in [5, 5.41) is 13.4. The normalized spacial score (nSPS) is 11.1. The van der Waals surface area contributed by atoms with E-state index in [0.29, 0.717) is 10.6 Å². The van der Waals surface area contributed by atoms with Gasteiger partial charge in [0.25, 0.3) is 5.91 Å². The van der Waals surface area contributed by atoms with Crippen LogP contribution in [0.5, 0.6) is 0 Å². The van der Waals surface area contributed by atoms with Crippen LogP contribution in [0.2, 0.25) is 5.02 Å². The fourth-order valence-corrected chi connectivity index (χ4v) is 4.93. The Labute approximate surface area is 200 Å². The van der Waals surface area contributed by atoms with Gasteiger partial charge in [-0.3, -0.25) is 4.79 Å². The van der Waals surface area contributed by atoms with Gasteiger partial charge in [0.05, 0.1) is 21.0 Å². The molecule has 0 bridgehead atoms. The van der Waals surface area contributed by atoms with Crippen molar-refractivity contribution >= 4 is 49.8 Å². The summed E-state index contributed by atoms with van der Waals surface area (Å²) in [5.74, 6) is -1.60. The molecule has 3 rings (SSSR count). The molecule has 0 fully saturated rings. The van der Waals surface area contributed by atoms with Crippen LogP contribution in [0.3, 0.4) is 0 Å². The van der Waals surface area contributed by atoms with E-state index in [1.807, 2.05) is 24.3 Å². The Morgan fingerprint density at radius 3 is 2.61 bits per heavy atom. The molecule has 3 aromatic rings. The molecule has 0 saturated carbocycles. The van der Waals surface area contributed by atoms with Crippen molar-refractivity contribution in [1.29, 1.82) is 5.26 Å². The van der Waals surface area contributed by atoms with Gasteiger partial charge in [0.15, 0.2) is 6.61 Å². The molecule has 1 amide bonds. The van der Waals surface area contributed by atoms with Gasteiger partial charge in [0, 0.05) is 13.6 Å². The highest BCUT2D eigenvalue weighted by atomic mass is 35.5. The van der Waals surface area contributed by atoms with Gasteiger partial charge in [-0.25, -0.2) is 13.2 Å². The van der Waals surface area contributed by atoms with Crippen LogP contribution < -0.4 is 5.32 Å². The topological polar surface area (TPSA) is 117 Å². The van der Waals surface area contributed by atoms with Crippen molar-refractivity contribution in [3.05, 3.63) is 81.7 Å². The Kier molecular flexibility index (Phi) is 7.84. The van der Waals surface area contributed by atoms with Crippen molar-refractivity contribution in [2.45, 2.75) is 11.4 Å². The van der Waals surface area contributed by atoms with Crippen LogP contribution in [-0.4, -0.2) is 38.3 Å². The third-order valence-corrected chi connectivity index (χ3v) is 7.45. The van der Waals surface area contributed by atoms with Crippen molar-refractivity contribution in [2.24, 2.45) is 0 Å². The Morgan fingerprint density at radius 2 is 1.91 bits per heavy atom. The molecule has 11 heteroatoms. The van der Waals surface area contributed by atoms with E-state index in [-0.39, 0.29) is 22.0 Å². The van der Waals surface area contributed by atoms with Crippen LogP contribution in [-0.2, 0) is 26.1 Å².